The zero-order valence-corrected chi connectivity index (χ0v) is 14.3. The zero-order valence-electron chi connectivity index (χ0n) is 14.3. The standard InChI is InChI=1S/C16H23N7O/c1-12-7-19-23(10-12)14-5-4-6-22(11-14)16(24)20-13-8-17-15(18-9-13)21(2)3/h7-10,14H,4-6,11H2,1-3H3,(H,20,24)/t14-/m1/s1. The second-order valence-electron chi connectivity index (χ2n) is 6.34. The van der Waals surface area contributed by atoms with E-state index in [0.717, 1.165) is 24.9 Å². The molecule has 0 aliphatic carbocycles. The number of likely N-dealkylation sites (tertiary alicyclic amines) is 1. The summed E-state index contributed by atoms with van der Waals surface area (Å²) in [6.07, 6.45) is 9.12. The molecule has 1 fully saturated rings. The fourth-order valence-electron chi connectivity index (χ4n) is 2.81. The summed E-state index contributed by atoms with van der Waals surface area (Å²) in [4.78, 5) is 24.5. The molecule has 8 heteroatoms. The predicted octanol–water partition coefficient (Wildman–Crippen LogP) is 1.92. The second kappa shape index (κ2) is 6.86. The molecule has 8 nitrogen and oxygen atoms in total. The Balaban J connectivity index is 1.62. The number of aromatic nitrogens is 4. The van der Waals surface area contributed by atoms with Crippen molar-refractivity contribution in [3.8, 4) is 0 Å². The molecule has 3 heterocycles. The number of nitrogens with zero attached hydrogens (tertiary/aromatic N) is 6. The number of rotatable bonds is 3. The van der Waals surface area contributed by atoms with Crippen LogP contribution in [0.1, 0.15) is 24.4 Å². The second-order valence-corrected chi connectivity index (χ2v) is 6.34. The van der Waals surface area contributed by atoms with Crippen LogP contribution in [0.15, 0.2) is 24.8 Å². The summed E-state index contributed by atoms with van der Waals surface area (Å²) < 4.78 is 1.96. The van der Waals surface area contributed by atoms with Gasteiger partial charge in [-0.3, -0.25) is 4.68 Å². The molecule has 0 bridgehead atoms. The number of urea groups is 1. The Kier molecular flexibility index (Phi) is 4.64. The van der Waals surface area contributed by atoms with Crippen LogP contribution in [0.4, 0.5) is 16.4 Å². The van der Waals surface area contributed by atoms with E-state index in [2.05, 4.69) is 20.4 Å². The van der Waals surface area contributed by atoms with Crippen LogP contribution in [0, 0.1) is 6.92 Å². The molecule has 0 spiro atoms. The van der Waals surface area contributed by atoms with Gasteiger partial charge in [0, 0.05) is 33.4 Å². The first-order valence-electron chi connectivity index (χ1n) is 8.09. The molecule has 2 amide bonds. The summed E-state index contributed by atoms with van der Waals surface area (Å²) in [5.41, 5.74) is 1.73. The quantitative estimate of drug-likeness (QED) is 0.930. The lowest BCUT2D eigenvalue weighted by Crippen LogP contribution is -2.43. The van der Waals surface area contributed by atoms with Gasteiger partial charge in [0.2, 0.25) is 5.95 Å². The van der Waals surface area contributed by atoms with Gasteiger partial charge in [0.25, 0.3) is 0 Å². The number of piperidine rings is 1. The van der Waals surface area contributed by atoms with Crippen molar-refractivity contribution in [2.45, 2.75) is 25.8 Å². The van der Waals surface area contributed by atoms with Crippen LogP contribution in [0.25, 0.3) is 0 Å². The minimum atomic E-state index is -0.121. The third-order valence-corrected chi connectivity index (χ3v) is 4.08. The van der Waals surface area contributed by atoms with E-state index in [4.69, 9.17) is 0 Å². The minimum Gasteiger partial charge on any atom is -0.347 e. The normalized spacial score (nSPS) is 17.6. The Labute approximate surface area is 141 Å². The molecule has 3 rings (SSSR count). The number of carbonyl (C=O) groups is 1. The monoisotopic (exact) mass is 329 g/mol. The topological polar surface area (TPSA) is 79.2 Å². The molecular weight excluding hydrogens is 306 g/mol. The highest BCUT2D eigenvalue weighted by molar-refractivity contribution is 5.89. The average molecular weight is 329 g/mol. The van der Waals surface area contributed by atoms with Crippen LogP contribution in [-0.4, -0.2) is 57.9 Å². The van der Waals surface area contributed by atoms with Gasteiger partial charge in [-0.15, -0.1) is 0 Å². The minimum absolute atomic E-state index is 0.121. The molecule has 128 valence electrons. The van der Waals surface area contributed by atoms with Gasteiger partial charge in [-0.05, 0) is 25.3 Å². The van der Waals surface area contributed by atoms with Crippen LogP contribution >= 0.6 is 0 Å². The number of anilines is 2. The van der Waals surface area contributed by atoms with Gasteiger partial charge in [0.1, 0.15) is 0 Å². The van der Waals surface area contributed by atoms with Crippen molar-refractivity contribution in [3.63, 3.8) is 0 Å². The summed E-state index contributed by atoms with van der Waals surface area (Å²) in [5, 5.41) is 7.25. The molecule has 0 aromatic carbocycles. The first-order valence-corrected chi connectivity index (χ1v) is 8.09. The largest absolute Gasteiger partial charge is 0.347 e. The number of hydrogen-bond donors (Lipinski definition) is 1. The van der Waals surface area contributed by atoms with Gasteiger partial charge in [-0.25, -0.2) is 14.8 Å². The lowest BCUT2D eigenvalue weighted by molar-refractivity contribution is 0.174. The molecule has 2 aromatic heterocycles. The molecule has 1 saturated heterocycles. The number of carbonyl (C=O) groups excluding carboxylic acids is 1. The molecule has 1 aliphatic heterocycles. The van der Waals surface area contributed by atoms with Gasteiger partial charge in [-0.2, -0.15) is 5.10 Å². The molecule has 24 heavy (non-hydrogen) atoms. The molecule has 1 N–H and O–H groups in total. The lowest BCUT2D eigenvalue weighted by Gasteiger charge is -2.32. The van der Waals surface area contributed by atoms with Crippen LogP contribution in [0.3, 0.4) is 0 Å². The molecule has 1 atom stereocenters. The van der Waals surface area contributed by atoms with Gasteiger partial charge >= 0.3 is 6.03 Å². The molecule has 0 unspecified atom stereocenters. The van der Waals surface area contributed by atoms with E-state index in [1.165, 1.54) is 0 Å². The molecule has 2 aromatic rings. The van der Waals surface area contributed by atoms with E-state index in [9.17, 15) is 4.79 Å². The Morgan fingerprint density at radius 3 is 2.67 bits per heavy atom. The summed E-state index contributed by atoms with van der Waals surface area (Å²) in [7, 11) is 3.75. The van der Waals surface area contributed by atoms with Crippen LogP contribution in [0.2, 0.25) is 0 Å². The summed E-state index contributed by atoms with van der Waals surface area (Å²) in [5.74, 6) is 0.611. The van der Waals surface area contributed by atoms with E-state index in [-0.39, 0.29) is 12.1 Å². The van der Waals surface area contributed by atoms with Crippen molar-refractivity contribution in [1.29, 1.82) is 0 Å². The third-order valence-electron chi connectivity index (χ3n) is 4.08. The number of amides is 2. The maximum absolute atomic E-state index is 12.5. The lowest BCUT2D eigenvalue weighted by atomic mass is 10.1. The first kappa shape index (κ1) is 16.2. The SMILES string of the molecule is Cc1cnn([C@@H]2CCCN(C(=O)Nc3cnc(N(C)C)nc3)C2)c1. The van der Waals surface area contributed by atoms with Gasteiger partial charge in [-0.1, -0.05) is 0 Å². The molecule has 0 radical (unpaired) electrons. The van der Waals surface area contributed by atoms with E-state index in [1.54, 1.807) is 12.4 Å². The van der Waals surface area contributed by atoms with Gasteiger partial charge < -0.3 is 15.1 Å². The van der Waals surface area contributed by atoms with Crippen molar-refractivity contribution in [1.82, 2.24) is 24.6 Å². The summed E-state index contributed by atoms with van der Waals surface area (Å²) in [6, 6.07) is 0.107. The first-order chi connectivity index (χ1) is 11.5. The zero-order chi connectivity index (χ0) is 17.1. The van der Waals surface area contributed by atoms with Crippen molar-refractivity contribution in [3.05, 3.63) is 30.4 Å². The van der Waals surface area contributed by atoms with Crippen molar-refractivity contribution >= 4 is 17.7 Å². The van der Waals surface area contributed by atoms with Crippen LogP contribution in [-0.2, 0) is 0 Å². The number of hydrogen-bond acceptors (Lipinski definition) is 5. The third kappa shape index (κ3) is 3.64. The van der Waals surface area contributed by atoms with E-state index in [1.807, 2.05) is 47.9 Å². The van der Waals surface area contributed by atoms with Crippen LogP contribution < -0.4 is 10.2 Å². The Hall–Kier alpha value is -2.64. The van der Waals surface area contributed by atoms with E-state index >= 15 is 0 Å². The van der Waals surface area contributed by atoms with E-state index in [0.29, 0.717) is 18.2 Å². The number of aryl methyl sites for hydroxylation is 1. The van der Waals surface area contributed by atoms with Gasteiger partial charge in [0.15, 0.2) is 0 Å². The summed E-state index contributed by atoms with van der Waals surface area (Å²) >= 11 is 0. The number of nitrogens with one attached hydrogen (secondary N) is 1. The maximum Gasteiger partial charge on any atom is 0.322 e. The smallest absolute Gasteiger partial charge is 0.322 e. The Morgan fingerprint density at radius 2 is 2.04 bits per heavy atom. The molecule has 0 saturated carbocycles. The van der Waals surface area contributed by atoms with Crippen LogP contribution in [0.5, 0.6) is 0 Å². The van der Waals surface area contributed by atoms with Gasteiger partial charge in [0.05, 0.1) is 30.3 Å². The van der Waals surface area contributed by atoms with Crippen molar-refractivity contribution in [2.24, 2.45) is 0 Å². The Morgan fingerprint density at radius 1 is 1.29 bits per heavy atom. The maximum atomic E-state index is 12.5. The highest BCUT2D eigenvalue weighted by atomic mass is 16.2. The highest BCUT2D eigenvalue weighted by Crippen LogP contribution is 2.22. The van der Waals surface area contributed by atoms with E-state index < -0.39 is 0 Å². The molecule has 1 aliphatic rings. The average Bonchev–Trinajstić information content (AvgIpc) is 3.02. The summed E-state index contributed by atoms with van der Waals surface area (Å²) in [6.45, 7) is 3.43. The fraction of sp³-hybridized carbons (Fsp3) is 0.500. The predicted molar refractivity (Wildman–Crippen MR) is 92.2 cm³/mol. The Bertz CT molecular complexity index is 695. The van der Waals surface area contributed by atoms with Crippen molar-refractivity contribution < 1.29 is 4.79 Å². The fourth-order valence-corrected chi connectivity index (χ4v) is 2.81. The van der Waals surface area contributed by atoms with Crippen molar-refractivity contribution in [2.75, 3.05) is 37.4 Å². The highest BCUT2D eigenvalue weighted by Gasteiger charge is 2.25. The molecular formula is C16H23N7O.